The van der Waals surface area contributed by atoms with Crippen LogP contribution in [0.3, 0.4) is 0 Å². The molecule has 4 N–H and O–H groups in total. The Balaban J connectivity index is 2.24. The van der Waals surface area contributed by atoms with Crippen LogP contribution in [0.15, 0.2) is 60.3 Å². The number of amides is 2. The quantitative estimate of drug-likeness (QED) is 0.332. The van der Waals surface area contributed by atoms with E-state index < -0.39 is 0 Å². The molecule has 0 radical (unpaired) electrons. The van der Waals surface area contributed by atoms with Crippen molar-refractivity contribution in [1.82, 2.24) is 5.32 Å². The first kappa shape index (κ1) is 21.2. The molecule has 0 aliphatic carbocycles. The number of nitrogens with two attached hydrogens (primary N) is 1. The highest BCUT2D eigenvalue weighted by Crippen LogP contribution is 2.17. The van der Waals surface area contributed by atoms with E-state index in [9.17, 15) is 9.59 Å². The third kappa shape index (κ3) is 8.33. The van der Waals surface area contributed by atoms with Crippen LogP contribution in [-0.2, 0) is 9.59 Å². The summed E-state index contributed by atoms with van der Waals surface area (Å²) < 4.78 is 0. The number of carbonyl (C=O) groups is 2. The monoisotopic (exact) mass is 355 g/mol. The Kier molecular flexibility index (Phi) is 9.54. The van der Waals surface area contributed by atoms with E-state index >= 15 is 0 Å². The molecule has 5 nitrogen and oxygen atoms in total. The van der Waals surface area contributed by atoms with Crippen LogP contribution in [0.5, 0.6) is 0 Å². The Morgan fingerprint density at radius 2 is 1.77 bits per heavy atom. The van der Waals surface area contributed by atoms with Crippen LogP contribution in [0.25, 0.3) is 0 Å². The average Bonchev–Trinajstić information content (AvgIpc) is 2.62. The maximum Gasteiger partial charge on any atom is 0.224 e. The number of allylic oxidation sites excluding steroid dienone is 4. The van der Waals surface area contributed by atoms with Crippen molar-refractivity contribution < 1.29 is 9.59 Å². The third-order valence-corrected chi connectivity index (χ3v) is 3.88. The lowest BCUT2D eigenvalue weighted by molar-refractivity contribution is -0.120. The summed E-state index contributed by atoms with van der Waals surface area (Å²) in [6.07, 6.45) is 8.58. The number of benzene rings is 1. The fourth-order valence-electron chi connectivity index (χ4n) is 2.27. The van der Waals surface area contributed by atoms with Crippen LogP contribution in [0.4, 0.5) is 11.4 Å². The number of nitrogens with one attached hydrogen (secondary N) is 2. The largest absolute Gasteiger partial charge is 0.397 e. The topological polar surface area (TPSA) is 84.2 Å². The molecule has 1 rings (SSSR count). The normalized spacial score (nSPS) is 11.8. The summed E-state index contributed by atoms with van der Waals surface area (Å²) in [7, 11) is 0. The van der Waals surface area contributed by atoms with Gasteiger partial charge in [-0.05, 0) is 51.0 Å². The molecule has 26 heavy (non-hydrogen) atoms. The van der Waals surface area contributed by atoms with Gasteiger partial charge in [-0.3, -0.25) is 9.59 Å². The number of hydrogen-bond donors (Lipinski definition) is 3. The SMILES string of the molecule is C=C/C(=C\C(C)=C/C)NC(=O)CCCCCC(=O)Nc1ccccc1N. The summed E-state index contributed by atoms with van der Waals surface area (Å²) in [5, 5.41) is 5.64. The molecule has 0 bridgehead atoms. The Morgan fingerprint density at radius 1 is 1.12 bits per heavy atom. The molecule has 0 spiro atoms. The Morgan fingerprint density at radius 3 is 2.38 bits per heavy atom. The number of nitrogen functional groups attached to an aromatic ring is 1. The van der Waals surface area contributed by atoms with E-state index in [-0.39, 0.29) is 11.8 Å². The zero-order valence-corrected chi connectivity index (χ0v) is 15.7. The van der Waals surface area contributed by atoms with Gasteiger partial charge in [0, 0.05) is 18.5 Å². The van der Waals surface area contributed by atoms with Gasteiger partial charge in [-0.1, -0.05) is 36.8 Å². The molecule has 0 atom stereocenters. The first-order valence-electron chi connectivity index (χ1n) is 8.87. The van der Waals surface area contributed by atoms with Crippen LogP contribution >= 0.6 is 0 Å². The molecule has 0 unspecified atom stereocenters. The first-order chi connectivity index (χ1) is 12.5. The van der Waals surface area contributed by atoms with E-state index in [1.165, 1.54) is 0 Å². The average molecular weight is 355 g/mol. The van der Waals surface area contributed by atoms with Crippen molar-refractivity contribution in [1.29, 1.82) is 0 Å². The van der Waals surface area contributed by atoms with Crippen molar-refractivity contribution in [3.8, 4) is 0 Å². The number of carbonyl (C=O) groups excluding carboxylic acids is 2. The summed E-state index contributed by atoms with van der Waals surface area (Å²) >= 11 is 0. The lowest BCUT2D eigenvalue weighted by atomic mass is 10.1. The molecule has 140 valence electrons. The molecule has 2 amide bonds. The minimum Gasteiger partial charge on any atom is -0.397 e. The second-order valence-corrected chi connectivity index (χ2v) is 6.08. The predicted molar refractivity (Wildman–Crippen MR) is 108 cm³/mol. The zero-order chi connectivity index (χ0) is 19.4. The second kappa shape index (κ2) is 11.7. The Bertz CT molecular complexity index is 690. The molecular weight excluding hydrogens is 326 g/mol. The van der Waals surface area contributed by atoms with Crippen molar-refractivity contribution in [2.75, 3.05) is 11.1 Å². The Hall–Kier alpha value is -2.82. The van der Waals surface area contributed by atoms with Crippen LogP contribution in [0.2, 0.25) is 0 Å². The van der Waals surface area contributed by atoms with Crippen LogP contribution in [-0.4, -0.2) is 11.8 Å². The summed E-state index contributed by atoms with van der Waals surface area (Å²) in [4.78, 5) is 23.9. The number of unbranched alkanes of at least 4 members (excludes halogenated alkanes) is 2. The molecule has 0 aromatic heterocycles. The zero-order valence-electron chi connectivity index (χ0n) is 15.7. The second-order valence-electron chi connectivity index (χ2n) is 6.08. The fraction of sp³-hybridized carbons (Fsp3) is 0.333. The molecule has 5 heteroatoms. The molecular formula is C21H29N3O2. The highest BCUT2D eigenvalue weighted by molar-refractivity contribution is 5.93. The molecule has 1 aromatic rings. The maximum absolute atomic E-state index is 11.9. The highest BCUT2D eigenvalue weighted by atomic mass is 16.2. The van der Waals surface area contributed by atoms with Crippen molar-refractivity contribution >= 4 is 23.2 Å². The maximum atomic E-state index is 11.9. The van der Waals surface area contributed by atoms with Gasteiger partial charge in [-0.25, -0.2) is 0 Å². The lowest BCUT2D eigenvalue weighted by Gasteiger charge is -2.08. The molecule has 1 aromatic carbocycles. The molecule has 0 fully saturated rings. The summed E-state index contributed by atoms with van der Waals surface area (Å²) in [5.41, 5.74) is 8.74. The van der Waals surface area contributed by atoms with E-state index in [1.54, 1.807) is 18.2 Å². The number of para-hydroxylation sites is 2. The summed E-state index contributed by atoms with van der Waals surface area (Å²) in [6.45, 7) is 7.61. The van der Waals surface area contributed by atoms with E-state index in [4.69, 9.17) is 5.73 Å². The number of hydrogen-bond acceptors (Lipinski definition) is 3. The van der Waals surface area contributed by atoms with Gasteiger partial charge in [0.05, 0.1) is 11.4 Å². The molecule has 0 saturated carbocycles. The smallest absolute Gasteiger partial charge is 0.224 e. The van der Waals surface area contributed by atoms with Gasteiger partial charge in [0.15, 0.2) is 0 Å². The standard InChI is InChI=1S/C21H29N3O2/c1-4-16(3)15-17(5-2)23-20(25)13-7-6-8-14-21(26)24-19-12-10-9-11-18(19)22/h4-5,9-12,15H,2,6-8,13-14,22H2,1,3H3,(H,23,25)(H,24,26)/b16-4-,17-15+. The summed E-state index contributed by atoms with van der Waals surface area (Å²) in [5.74, 6) is -0.104. The van der Waals surface area contributed by atoms with Gasteiger partial charge in [0.1, 0.15) is 0 Å². The van der Waals surface area contributed by atoms with E-state index in [0.29, 0.717) is 29.9 Å². The van der Waals surface area contributed by atoms with E-state index in [0.717, 1.165) is 24.8 Å². The fourth-order valence-corrected chi connectivity index (χ4v) is 2.27. The highest BCUT2D eigenvalue weighted by Gasteiger charge is 2.06. The van der Waals surface area contributed by atoms with Crippen molar-refractivity contribution in [2.45, 2.75) is 46.0 Å². The van der Waals surface area contributed by atoms with Crippen molar-refractivity contribution in [2.24, 2.45) is 0 Å². The molecule has 0 aliphatic rings. The lowest BCUT2D eigenvalue weighted by Crippen LogP contribution is -2.21. The third-order valence-electron chi connectivity index (χ3n) is 3.88. The summed E-state index contributed by atoms with van der Waals surface area (Å²) in [6, 6.07) is 7.17. The minimum absolute atomic E-state index is 0.0402. The molecule has 0 heterocycles. The number of anilines is 2. The van der Waals surface area contributed by atoms with E-state index in [2.05, 4.69) is 17.2 Å². The van der Waals surface area contributed by atoms with Gasteiger partial charge < -0.3 is 16.4 Å². The van der Waals surface area contributed by atoms with Crippen LogP contribution < -0.4 is 16.4 Å². The van der Waals surface area contributed by atoms with Crippen LogP contribution in [0.1, 0.15) is 46.0 Å². The van der Waals surface area contributed by atoms with Gasteiger partial charge in [-0.15, -0.1) is 0 Å². The van der Waals surface area contributed by atoms with Crippen LogP contribution in [0, 0.1) is 0 Å². The molecule has 0 saturated heterocycles. The number of rotatable bonds is 10. The Labute approximate surface area is 156 Å². The molecule has 0 aliphatic heterocycles. The van der Waals surface area contributed by atoms with Gasteiger partial charge in [0.25, 0.3) is 0 Å². The minimum atomic E-state index is -0.0638. The van der Waals surface area contributed by atoms with E-state index in [1.807, 2.05) is 38.1 Å². The van der Waals surface area contributed by atoms with Gasteiger partial charge in [0.2, 0.25) is 11.8 Å². The first-order valence-corrected chi connectivity index (χ1v) is 8.87. The predicted octanol–water partition coefficient (Wildman–Crippen LogP) is 4.31. The van der Waals surface area contributed by atoms with Crippen molar-refractivity contribution in [3.63, 3.8) is 0 Å². The van der Waals surface area contributed by atoms with Gasteiger partial charge >= 0.3 is 0 Å². The van der Waals surface area contributed by atoms with Gasteiger partial charge in [-0.2, -0.15) is 0 Å². The van der Waals surface area contributed by atoms with Crippen molar-refractivity contribution in [3.05, 3.63) is 60.3 Å².